The van der Waals surface area contributed by atoms with Crippen molar-refractivity contribution in [2.24, 2.45) is 0 Å². The normalized spacial score (nSPS) is 10.9. The molecule has 1 atom stereocenters. The van der Waals surface area contributed by atoms with Gasteiger partial charge >= 0.3 is 23.9 Å². The molecule has 0 rings (SSSR count). The fraction of sp³-hybridized carbons (Fsp3) is 0.538. The van der Waals surface area contributed by atoms with Gasteiger partial charge in [0.25, 0.3) is 0 Å². The number of ether oxygens (including phenoxy) is 3. The van der Waals surface area contributed by atoms with Gasteiger partial charge in [-0.15, -0.1) is 0 Å². The van der Waals surface area contributed by atoms with Gasteiger partial charge < -0.3 is 24.8 Å². The van der Waals surface area contributed by atoms with Gasteiger partial charge in [-0.05, 0) is 6.92 Å². The number of carbonyl (C=O) groups is 4. The molecule has 22 heavy (non-hydrogen) atoms. The molecular weight excluding hydrogens is 296 g/mol. The van der Waals surface area contributed by atoms with Crippen LogP contribution in [0.1, 0.15) is 13.3 Å². The first-order valence-electron chi connectivity index (χ1n) is 6.33. The summed E-state index contributed by atoms with van der Waals surface area (Å²) in [6.07, 6.45) is -0.360. The Morgan fingerprint density at radius 1 is 1.14 bits per heavy atom. The minimum absolute atomic E-state index is 0.0248. The fourth-order valence-corrected chi connectivity index (χ4v) is 1.23. The number of esters is 3. The van der Waals surface area contributed by atoms with E-state index in [9.17, 15) is 19.2 Å². The summed E-state index contributed by atoms with van der Waals surface area (Å²) >= 11 is 0. The molecule has 2 amide bonds. The van der Waals surface area contributed by atoms with Gasteiger partial charge in [-0.25, -0.2) is 14.4 Å². The Hall–Kier alpha value is -2.58. The van der Waals surface area contributed by atoms with Gasteiger partial charge in [0, 0.05) is 5.57 Å². The third-order valence-electron chi connectivity index (χ3n) is 2.36. The topological polar surface area (TPSA) is 120 Å². The van der Waals surface area contributed by atoms with Gasteiger partial charge in [0.2, 0.25) is 0 Å². The predicted molar refractivity (Wildman–Crippen MR) is 74.7 cm³/mol. The van der Waals surface area contributed by atoms with Gasteiger partial charge in [-0.2, -0.15) is 0 Å². The molecule has 0 aliphatic heterocycles. The van der Waals surface area contributed by atoms with Crippen molar-refractivity contribution < 1.29 is 33.4 Å². The molecule has 9 heteroatoms. The van der Waals surface area contributed by atoms with Gasteiger partial charge in [0.05, 0.1) is 27.2 Å². The maximum absolute atomic E-state index is 11.6. The van der Waals surface area contributed by atoms with Crippen molar-refractivity contribution in [1.29, 1.82) is 0 Å². The average molecular weight is 316 g/mol. The Morgan fingerprint density at radius 2 is 1.77 bits per heavy atom. The van der Waals surface area contributed by atoms with Crippen LogP contribution in [-0.4, -0.2) is 57.4 Å². The van der Waals surface area contributed by atoms with Crippen LogP contribution >= 0.6 is 0 Å². The van der Waals surface area contributed by atoms with Gasteiger partial charge in [-0.1, -0.05) is 6.58 Å². The molecule has 0 aliphatic carbocycles. The number of carbonyl (C=O) groups excluding carboxylic acids is 4. The van der Waals surface area contributed by atoms with Crippen LogP contribution in [0.25, 0.3) is 0 Å². The van der Waals surface area contributed by atoms with Crippen molar-refractivity contribution in [3.05, 3.63) is 12.2 Å². The lowest BCUT2D eigenvalue weighted by molar-refractivity contribution is -0.149. The Morgan fingerprint density at radius 3 is 2.27 bits per heavy atom. The van der Waals surface area contributed by atoms with E-state index >= 15 is 0 Å². The van der Waals surface area contributed by atoms with Crippen LogP contribution in [-0.2, 0) is 28.6 Å². The Bertz CT molecular complexity index is 448. The molecule has 1 unspecified atom stereocenters. The van der Waals surface area contributed by atoms with Crippen molar-refractivity contribution in [2.75, 3.05) is 27.4 Å². The van der Waals surface area contributed by atoms with Gasteiger partial charge in [0.15, 0.2) is 0 Å². The third-order valence-corrected chi connectivity index (χ3v) is 2.36. The lowest BCUT2D eigenvalue weighted by atomic mass is 10.2. The van der Waals surface area contributed by atoms with E-state index in [0.717, 1.165) is 14.2 Å². The zero-order valence-electron chi connectivity index (χ0n) is 12.8. The van der Waals surface area contributed by atoms with Crippen LogP contribution in [0.3, 0.4) is 0 Å². The van der Waals surface area contributed by atoms with Crippen LogP contribution in [0.5, 0.6) is 0 Å². The van der Waals surface area contributed by atoms with Gasteiger partial charge in [-0.3, -0.25) is 4.79 Å². The smallest absolute Gasteiger partial charge is 0.333 e. The molecule has 124 valence electrons. The summed E-state index contributed by atoms with van der Waals surface area (Å²) in [5.41, 5.74) is 0.244. The lowest BCUT2D eigenvalue weighted by Crippen LogP contribution is -2.48. The van der Waals surface area contributed by atoms with E-state index in [1.165, 1.54) is 6.92 Å². The minimum Gasteiger partial charge on any atom is -0.469 e. The quantitative estimate of drug-likeness (QED) is 0.268. The highest BCUT2D eigenvalue weighted by Gasteiger charge is 2.24. The highest BCUT2D eigenvalue weighted by Crippen LogP contribution is 1.97. The molecular formula is C13H20N2O7. The first-order valence-corrected chi connectivity index (χ1v) is 6.33. The summed E-state index contributed by atoms with van der Waals surface area (Å²) in [6, 6.07) is -1.89. The molecule has 0 saturated carbocycles. The van der Waals surface area contributed by atoms with Crippen LogP contribution in [0.2, 0.25) is 0 Å². The molecule has 0 bridgehead atoms. The van der Waals surface area contributed by atoms with Crippen molar-refractivity contribution in [1.82, 2.24) is 10.6 Å². The Balaban J connectivity index is 4.23. The maximum Gasteiger partial charge on any atom is 0.333 e. The standard InChI is InChI=1S/C13H20N2O7/c1-8(2)11(17)22-6-5-14-13(19)15-9(12(18)21-4)7-10(16)20-3/h9H,1,5-7H2,2-4H3,(H2,14,15,19). The summed E-state index contributed by atoms with van der Waals surface area (Å²) in [6.45, 7) is 4.87. The van der Waals surface area contributed by atoms with Crippen LogP contribution in [0.4, 0.5) is 4.79 Å². The molecule has 0 radical (unpaired) electrons. The van der Waals surface area contributed by atoms with Crippen LogP contribution in [0, 0.1) is 0 Å². The zero-order valence-corrected chi connectivity index (χ0v) is 12.8. The third kappa shape index (κ3) is 7.88. The van der Waals surface area contributed by atoms with Crippen molar-refractivity contribution in [3.8, 4) is 0 Å². The largest absolute Gasteiger partial charge is 0.469 e. The molecule has 0 fully saturated rings. The second-order valence-electron chi connectivity index (χ2n) is 4.17. The summed E-state index contributed by atoms with van der Waals surface area (Å²) in [7, 11) is 2.29. The fourth-order valence-electron chi connectivity index (χ4n) is 1.23. The molecule has 9 nitrogen and oxygen atoms in total. The van der Waals surface area contributed by atoms with Crippen molar-refractivity contribution >= 4 is 23.9 Å². The number of urea groups is 1. The summed E-state index contributed by atoms with van der Waals surface area (Å²) in [4.78, 5) is 45.3. The van der Waals surface area contributed by atoms with E-state index in [0.29, 0.717) is 0 Å². The van der Waals surface area contributed by atoms with E-state index < -0.39 is 30.0 Å². The number of methoxy groups -OCH3 is 2. The first kappa shape index (κ1) is 19.4. The molecule has 2 N–H and O–H groups in total. The molecule has 0 saturated heterocycles. The number of amides is 2. The van der Waals surface area contributed by atoms with Crippen LogP contribution in [0.15, 0.2) is 12.2 Å². The molecule has 0 aliphatic rings. The summed E-state index contributed by atoms with van der Waals surface area (Å²) in [5, 5.41) is 4.62. The Labute approximate surface area is 128 Å². The van der Waals surface area contributed by atoms with E-state index in [2.05, 4.69) is 26.7 Å². The van der Waals surface area contributed by atoms with E-state index in [1.54, 1.807) is 0 Å². The number of nitrogens with one attached hydrogen (secondary N) is 2. The number of rotatable bonds is 8. The molecule has 0 heterocycles. The monoisotopic (exact) mass is 316 g/mol. The van der Waals surface area contributed by atoms with Crippen molar-refractivity contribution in [2.45, 2.75) is 19.4 Å². The lowest BCUT2D eigenvalue weighted by Gasteiger charge is -2.15. The van der Waals surface area contributed by atoms with E-state index in [-0.39, 0.29) is 25.1 Å². The van der Waals surface area contributed by atoms with Crippen molar-refractivity contribution in [3.63, 3.8) is 0 Å². The van der Waals surface area contributed by atoms with Gasteiger partial charge in [0.1, 0.15) is 12.6 Å². The first-order chi connectivity index (χ1) is 10.3. The highest BCUT2D eigenvalue weighted by molar-refractivity contribution is 5.88. The summed E-state index contributed by atoms with van der Waals surface area (Å²) < 4.78 is 13.7. The number of hydrogen-bond donors (Lipinski definition) is 2. The van der Waals surface area contributed by atoms with Crippen LogP contribution < -0.4 is 10.6 Å². The maximum atomic E-state index is 11.6. The zero-order chi connectivity index (χ0) is 17.1. The molecule has 0 aromatic carbocycles. The molecule has 0 aromatic heterocycles. The minimum atomic E-state index is -1.17. The number of hydrogen-bond acceptors (Lipinski definition) is 7. The van der Waals surface area contributed by atoms with E-state index in [1.807, 2.05) is 0 Å². The molecule has 0 spiro atoms. The average Bonchev–Trinajstić information content (AvgIpc) is 2.49. The second kappa shape index (κ2) is 10.2. The highest BCUT2D eigenvalue weighted by atomic mass is 16.5. The summed E-state index contributed by atoms with van der Waals surface area (Å²) in [5.74, 6) is -2.03. The Kier molecular flexibility index (Phi) is 9.00. The van der Waals surface area contributed by atoms with E-state index in [4.69, 9.17) is 4.74 Å². The SMILES string of the molecule is C=C(C)C(=O)OCCNC(=O)NC(CC(=O)OC)C(=O)OC. The predicted octanol–water partition coefficient (Wildman–Crippen LogP) is -0.490. The molecule has 0 aromatic rings. The second-order valence-corrected chi connectivity index (χ2v) is 4.17.